The molecular formula is C13H17N3O3. The molecule has 1 aromatic rings. The second-order valence-corrected chi connectivity index (χ2v) is 4.70. The maximum absolute atomic E-state index is 11.8. The van der Waals surface area contributed by atoms with E-state index < -0.39 is 4.92 Å². The Bertz CT molecular complexity index is 496. The molecule has 1 amide bonds. The van der Waals surface area contributed by atoms with E-state index in [1.165, 1.54) is 6.07 Å². The third kappa shape index (κ3) is 3.21. The number of hydrogen-bond acceptors (Lipinski definition) is 4. The maximum atomic E-state index is 11.8. The van der Waals surface area contributed by atoms with Crippen molar-refractivity contribution >= 4 is 17.3 Å². The fraction of sp³-hybridized carbons (Fsp3) is 0.462. The van der Waals surface area contributed by atoms with E-state index in [-0.39, 0.29) is 18.1 Å². The summed E-state index contributed by atoms with van der Waals surface area (Å²) in [5.74, 6) is 0.0423. The van der Waals surface area contributed by atoms with Crippen molar-refractivity contribution in [3.8, 4) is 0 Å². The number of anilines is 1. The van der Waals surface area contributed by atoms with Crippen LogP contribution in [0.4, 0.5) is 11.4 Å². The van der Waals surface area contributed by atoms with Gasteiger partial charge in [0.2, 0.25) is 5.91 Å². The second-order valence-electron chi connectivity index (χ2n) is 4.70. The number of nitrogens with zero attached hydrogens (tertiary/aromatic N) is 2. The summed E-state index contributed by atoms with van der Waals surface area (Å²) in [5, 5.41) is 13.8. The largest absolute Gasteiger partial charge is 0.376 e. The van der Waals surface area contributed by atoms with E-state index in [2.05, 4.69) is 5.32 Å². The Labute approximate surface area is 111 Å². The molecule has 102 valence electrons. The average molecular weight is 263 g/mol. The molecule has 1 aliphatic heterocycles. The maximum Gasteiger partial charge on any atom is 0.274 e. The molecule has 1 aliphatic rings. The Balaban J connectivity index is 1.97. The Morgan fingerprint density at radius 3 is 2.74 bits per heavy atom. The molecule has 6 heteroatoms. The van der Waals surface area contributed by atoms with Crippen molar-refractivity contribution in [1.82, 2.24) is 4.90 Å². The van der Waals surface area contributed by atoms with Crippen LogP contribution < -0.4 is 5.32 Å². The zero-order valence-corrected chi connectivity index (χ0v) is 10.9. The second kappa shape index (κ2) is 5.69. The Hall–Kier alpha value is -2.11. The fourth-order valence-corrected chi connectivity index (χ4v) is 2.17. The SMILES string of the molecule is Cc1ccc(NCC(=O)N2CCCC2)cc1[N+](=O)[O-]. The van der Waals surface area contributed by atoms with Crippen molar-refractivity contribution < 1.29 is 9.72 Å². The summed E-state index contributed by atoms with van der Waals surface area (Å²) in [6, 6.07) is 4.90. The van der Waals surface area contributed by atoms with Crippen molar-refractivity contribution in [2.24, 2.45) is 0 Å². The summed E-state index contributed by atoms with van der Waals surface area (Å²) < 4.78 is 0. The number of nitrogens with one attached hydrogen (secondary N) is 1. The van der Waals surface area contributed by atoms with Gasteiger partial charge < -0.3 is 10.2 Å². The van der Waals surface area contributed by atoms with Gasteiger partial charge in [0, 0.05) is 30.4 Å². The number of nitro groups is 1. The molecule has 1 saturated heterocycles. The van der Waals surface area contributed by atoms with Gasteiger partial charge in [-0.3, -0.25) is 14.9 Å². The first-order valence-electron chi connectivity index (χ1n) is 6.34. The molecule has 6 nitrogen and oxygen atoms in total. The van der Waals surface area contributed by atoms with Gasteiger partial charge in [-0.05, 0) is 25.8 Å². The van der Waals surface area contributed by atoms with Gasteiger partial charge in [0.15, 0.2) is 0 Å². The molecule has 1 aromatic carbocycles. The number of rotatable bonds is 4. The highest BCUT2D eigenvalue weighted by Gasteiger charge is 2.17. The number of likely N-dealkylation sites (tertiary alicyclic amines) is 1. The van der Waals surface area contributed by atoms with Crippen LogP contribution in [0.3, 0.4) is 0 Å². The average Bonchev–Trinajstić information content (AvgIpc) is 2.91. The van der Waals surface area contributed by atoms with Gasteiger partial charge in [-0.15, -0.1) is 0 Å². The van der Waals surface area contributed by atoms with Crippen LogP contribution in [0.2, 0.25) is 0 Å². The number of aryl methyl sites for hydroxylation is 1. The van der Waals surface area contributed by atoms with Crippen LogP contribution in [-0.4, -0.2) is 35.4 Å². The van der Waals surface area contributed by atoms with Crippen LogP contribution in [-0.2, 0) is 4.79 Å². The lowest BCUT2D eigenvalue weighted by atomic mass is 10.2. The third-order valence-corrected chi connectivity index (χ3v) is 3.31. The van der Waals surface area contributed by atoms with Crippen molar-refractivity contribution in [3.05, 3.63) is 33.9 Å². The predicted molar refractivity (Wildman–Crippen MR) is 72.1 cm³/mol. The van der Waals surface area contributed by atoms with Gasteiger partial charge in [-0.25, -0.2) is 0 Å². The molecule has 19 heavy (non-hydrogen) atoms. The lowest BCUT2D eigenvalue weighted by molar-refractivity contribution is -0.385. The minimum absolute atomic E-state index is 0.0423. The Kier molecular flexibility index (Phi) is 3.99. The van der Waals surface area contributed by atoms with Gasteiger partial charge >= 0.3 is 0 Å². The Morgan fingerprint density at radius 1 is 1.42 bits per heavy atom. The van der Waals surface area contributed by atoms with Gasteiger partial charge in [-0.2, -0.15) is 0 Å². The zero-order chi connectivity index (χ0) is 13.8. The van der Waals surface area contributed by atoms with E-state index in [0.29, 0.717) is 11.3 Å². The van der Waals surface area contributed by atoms with Crippen molar-refractivity contribution in [1.29, 1.82) is 0 Å². The third-order valence-electron chi connectivity index (χ3n) is 3.31. The first-order chi connectivity index (χ1) is 9.08. The number of nitro benzene ring substituents is 1. The number of amides is 1. The molecule has 1 heterocycles. The van der Waals surface area contributed by atoms with Gasteiger partial charge in [0.1, 0.15) is 0 Å². The first-order valence-corrected chi connectivity index (χ1v) is 6.34. The van der Waals surface area contributed by atoms with Crippen LogP contribution in [0.15, 0.2) is 18.2 Å². The molecule has 0 radical (unpaired) electrons. The molecule has 2 rings (SSSR count). The molecule has 0 aromatic heterocycles. The summed E-state index contributed by atoms with van der Waals surface area (Å²) in [4.78, 5) is 24.1. The molecule has 1 fully saturated rings. The smallest absolute Gasteiger partial charge is 0.274 e. The molecule has 0 spiro atoms. The highest BCUT2D eigenvalue weighted by molar-refractivity contribution is 5.81. The topological polar surface area (TPSA) is 75.5 Å². The van der Waals surface area contributed by atoms with Crippen molar-refractivity contribution in [2.45, 2.75) is 19.8 Å². The van der Waals surface area contributed by atoms with Crippen LogP contribution in [0.25, 0.3) is 0 Å². The standard InChI is InChI=1S/C13H17N3O3/c1-10-4-5-11(8-12(10)16(18)19)14-9-13(17)15-6-2-3-7-15/h4-5,8,14H,2-3,6-7,9H2,1H3. The number of carbonyl (C=O) groups is 1. The molecule has 0 unspecified atom stereocenters. The van der Waals surface area contributed by atoms with E-state index in [9.17, 15) is 14.9 Å². The molecule has 1 N–H and O–H groups in total. The van der Waals surface area contributed by atoms with Crippen LogP contribution >= 0.6 is 0 Å². The molecule has 0 saturated carbocycles. The van der Waals surface area contributed by atoms with Gasteiger partial charge in [-0.1, -0.05) is 6.07 Å². The van der Waals surface area contributed by atoms with Crippen molar-refractivity contribution in [3.63, 3.8) is 0 Å². The predicted octanol–water partition coefficient (Wildman–Crippen LogP) is 1.94. The monoisotopic (exact) mass is 263 g/mol. The zero-order valence-electron chi connectivity index (χ0n) is 10.9. The minimum Gasteiger partial charge on any atom is -0.376 e. The molecule has 0 aliphatic carbocycles. The lowest BCUT2D eigenvalue weighted by Crippen LogP contribution is -2.32. The minimum atomic E-state index is -0.414. The quantitative estimate of drug-likeness (QED) is 0.665. The molecule has 0 atom stereocenters. The highest BCUT2D eigenvalue weighted by Crippen LogP contribution is 2.22. The number of hydrogen-bond donors (Lipinski definition) is 1. The van der Waals surface area contributed by atoms with Crippen LogP contribution in [0.5, 0.6) is 0 Å². The lowest BCUT2D eigenvalue weighted by Gasteiger charge is -2.16. The number of carbonyl (C=O) groups excluding carboxylic acids is 1. The summed E-state index contributed by atoms with van der Waals surface area (Å²) >= 11 is 0. The Morgan fingerprint density at radius 2 is 2.11 bits per heavy atom. The summed E-state index contributed by atoms with van der Waals surface area (Å²) in [7, 11) is 0. The van der Waals surface area contributed by atoms with E-state index >= 15 is 0 Å². The van der Waals surface area contributed by atoms with E-state index in [1.54, 1.807) is 19.1 Å². The summed E-state index contributed by atoms with van der Waals surface area (Å²) in [6.45, 7) is 3.50. The van der Waals surface area contributed by atoms with Crippen molar-refractivity contribution in [2.75, 3.05) is 25.0 Å². The highest BCUT2D eigenvalue weighted by atomic mass is 16.6. The first kappa shape index (κ1) is 13.3. The summed E-state index contributed by atoms with van der Waals surface area (Å²) in [6.07, 6.45) is 2.11. The van der Waals surface area contributed by atoms with Crippen LogP contribution in [0.1, 0.15) is 18.4 Å². The van der Waals surface area contributed by atoms with Crippen LogP contribution in [0, 0.1) is 17.0 Å². The normalized spacial score (nSPS) is 14.5. The number of benzene rings is 1. The summed E-state index contributed by atoms with van der Waals surface area (Å²) in [5.41, 5.74) is 1.28. The fourth-order valence-electron chi connectivity index (χ4n) is 2.17. The molecular weight excluding hydrogens is 246 g/mol. The molecule has 0 bridgehead atoms. The van der Waals surface area contributed by atoms with E-state index in [4.69, 9.17) is 0 Å². The van der Waals surface area contributed by atoms with Gasteiger partial charge in [0.25, 0.3) is 5.69 Å². The van der Waals surface area contributed by atoms with Gasteiger partial charge in [0.05, 0.1) is 11.5 Å². The van der Waals surface area contributed by atoms with E-state index in [0.717, 1.165) is 25.9 Å². The van der Waals surface area contributed by atoms with E-state index in [1.807, 2.05) is 4.90 Å².